The summed E-state index contributed by atoms with van der Waals surface area (Å²) in [6.07, 6.45) is 5.60. The van der Waals surface area contributed by atoms with Gasteiger partial charge in [-0.3, -0.25) is 0 Å². The van der Waals surface area contributed by atoms with Gasteiger partial charge in [-0.1, -0.05) is 37.2 Å². The first-order chi connectivity index (χ1) is 8.65. The highest BCUT2D eigenvalue weighted by Gasteiger charge is 1.99. The normalized spacial score (nSPS) is 12.3. The number of allylic oxidation sites excluding steroid dienone is 1. The van der Waals surface area contributed by atoms with Crippen LogP contribution < -0.4 is 4.74 Å². The summed E-state index contributed by atoms with van der Waals surface area (Å²) >= 11 is 0. The molecule has 0 spiro atoms. The summed E-state index contributed by atoms with van der Waals surface area (Å²) in [5.74, 6) is 1.44. The van der Waals surface area contributed by atoms with Crippen LogP contribution in [0.4, 0.5) is 0 Å². The fraction of sp³-hybridized carbons (Fsp3) is 0.400. The average molecular weight is 247 g/mol. The Morgan fingerprint density at radius 3 is 2.50 bits per heavy atom. The molecule has 0 saturated carbocycles. The number of hydrogen-bond acceptors (Lipinski definition) is 3. The van der Waals surface area contributed by atoms with Crippen LogP contribution in [0.25, 0.3) is 6.08 Å². The van der Waals surface area contributed by atoms with E-state index in [-0.39, 0.29) is 0 Å². The number of rotatable bonds is 6. The maximum Gasteiger partial charge on any atom is 0.118 e. The lowest BCUT2D eigenvalue weighted by atomic mass is 10.0. The number of methoxy groups -OCH3 is 1. The molecule has 0 aliphatic heterocycles. The molecule has 98 valence electrons. The predicted octanol–water partition coefficient (Wildman–Crippen LogP) is 3.97. The monoisotopic (exact) mass is 247 g/mol. The Bertz CT molecular complexity index is 405. The highest BCUT2D eigenvalue weighted by Crippen LogP contribution is 2.13. The third-order valence-electron chi connectivity index (χ3n) is 2.69. The van der Waals surface area contributed by atoms with E-state index in [2.05, 4.69) is 19.0 Å². The Kier molecular flexibility index (Phi) is 5.98. The van der Waals surface area contributed by atoms with Crippen LogP contribution >= 0.6 is 0 Å². The van der Waals surface area contributed by atoms with Crippen molar-refractivity contribution in [3.05, 3.63) is 35.9 Å². The molecule has 0 heterocycles. The van der Waals surface area contributed by atoms with Crippen molar-refractivity contribution in [1.82, 2.24) is 0 Å². The Morgan fingerprint density at radius 1 is 1.33 bits per heavy atom. The van der Waals surface area contributed by atoms with Crippen molar-refractivity contribution in [2.45, 2.75) is 26.7 Å². The average Bonchev–Trinajstić information content (AvgIpc) is 2.39. The minimum atomic E-state index is 0.608. The van der Waals surface area contributed by atoms with Crippen LogP contribution in [-0.2, 0) is 0 Å². The summed E-state index contributed by atoms with van der Waals surface area (Å²) in [5, 5.41) is 12.2. The molecule has 1 N–H and O–H groups in total. The number of hydrogen-bond donors (Lipinski definition) is 1. The lowest BCUT2D eigenvalue weighted by Crippen LogP contribution is -1.97. The topological polar surface area (TPSA) is 41.8 Å². The molecule has 0 aliphatic rings. The minimum Gasteiger partial charge on any atom is -0.497 e. The van der Waals surface area contributed by atoms with E-state index in [4.69, 9.17) is 9.94 Å². The molecular weight excluding hydrogens is 226 g/mol. The second-order valence-electron chi connectivity index (χ2n) is 4.63. The zero-order chi connectivity index (χ0) is 13.4. The molecule has 3 heteroatoms. The zero-order valence-electron chi connectivity index (χ0n) is 11.3. The van der Waals surface area contributed by atoms with Gasteiger partial charge in [0.05, 0.1) is 12.8 Å². The molecule has 0 saturated heterocycles. The second kappa shape index (κ2) is 7.54. The number of benzene rings is 1. The van der Waals surface area contributed by atoms with E-state index in [1.54, 1.807) is 7.11 Å². The third-order valence-corrected chi connectivity index (χ3v) is 2.69. The highest BCUT2D eigenvalue weighted by molar-refractivity contribution is 5.97. The molecule has 0 atom stereocenters. The van der Waals surface area contributed by atoms with E-state index in [0.29, 0.717) is 11.6 Å². The lowest BCUT2D eigenvalue weighted by Gasteiger charge is -2.03. The van der Waals surface area contributed by atoms with Crippen LogP contribution in [-0.4, -0.2) is 18.0 Å². The first kappa shape index (κ1) is 14.3. The van der Waals surface area contributed by atoms with Gasteiger partial charge in [0.15, 0.2) is 0 Å². The van der Waals surface area contributed by atoms with E-state index in [9.17, 15) is 0 Å². The van der Waals surface area contributed by atoms with Crippen LogP contribution in [0, 0.1) is 5.92 Å². The van der Waals surface area contributed by atoms with Crippen molar-refractivity contribution < 1.29 is 9.94 Å². The van der Waals surface area contributed by atoms with Gasteiger partial charge in [0.25, 0.3) is 0 Å². The van der Waals surface area contributed by atoms with Crippen molar-refractivity contribution in [2.24, 2.45) is 11.1 Å². The van der Waals surface area contributed by atoms with Gasteiger partial charge in [-0.05, 0) is 42.5 Å². The van der Waals surface area contributed by atoms with Gasteiger partial charge in [0.2, 0.25) is 0 Å². The van der Waals surface area contributed by atoms with Crippen molar-refractivity contribution in [1.29, 1.82) is 0 Å². The maximum atomic E-state index is 8.92. The zero-order valence-corrected chi connectivity index (χ0v) is 11.3. The van der Waals surface area contributed by atoms with Crippen LogP contribution in [0.1, 0.15) is 32.3 Å². The largest absolute Gasteiger partial charge is 0.497 e. The molecule has 0 aliphatic carbocycles. The van der Waals surface area contributed by atoms with Crippen molar-refractivity contribution in [2.75, 3.05) is 7.11 Å². The molecule has 1 aromatic rings. The molecular formula is C15H21NO2. The molecule has 0 aromatic heterocycles. The summed E-state index contributed by atoms with van der Waals surface area (Å²) < 4.78 is 5.09. The molecule has 18 heavy (non-hydrogen) atoms. The SMILES string of the molecule is COc1ccc(/C=C/C(CCC(C)C)=N/O)cc1. The quantitative estimate of drug-likeness (QED) is 0.469. The number of ether oxygens (including phenoxy) is 1. The van der Waals surface area contributed by atoms with E-state index in [1.165, 1.54) is 0 Å². The first-order valence-corrected chi connectivity index (χ1v) is 6.18. The van der Waals surface area contributed by atoms with Gasteiger partial charge in [-0.25, -0.2) is 0 Å². The lowest BCUT2D eigenvalue weighted by molar-refractivity contribution is 0.317. The fourth-order valence-corrected chi connectivity index (χ4v) is 1.51. The summed E-state index contributed by atoms with van der Waals surface area (Å²) in [7, 11) is 1.65. The number of oxime groups is 1. The maximum absolute atomic E-state index is 8.92. The van der Waals surface area contributed by atoms with E-state index in [1.807, 2.05) is 36.4 Å². The third kappa shape index (κ3) is 5.04. The van der Waals surface area contributed by atoms with Gasteiger partial charge in [0, 0.05) is 0 Å². The predicted molar refractivity (Wildman–Crippen MR) is 75.3 cm³/mol. The highest BCUT2D eigenvalue weighted by atomic mass is 16.5. The van der Waals surface area contributed by atoms with E-state index >= 15 is 0 Å². The van der Waals surface area contributed by atoms with Gasteiger partial charge < -0.3 is 9.94 Å². The molecule has 3 nitrogen and oxygen atoms in total. The van der Waals surface area contributed by atoms with Crippen LogP contribution in [0.15, 0.2) is 35.5 Å². The Labute approximate surface area is 109 Å². The minimum absolute atomic E-state index is 0.608. The summed E-state index contributed by atoms with van der Waals surface area (Å²) in [6.45, 7) is 4.31. The standard InChI is InChI=1S/C15H21NO2/c1-12(2)4-8-14(16-17)9-5-13-6-10-15(18-3)11-7-13/h5-7,9-12,17H,4,8H2,1-3H3/b9-5+,16-14+. The van der Waals surface area contributed by atoms with Crippen LogP contribution in [0.5, 0.6) is 5.75 Å². The molecule has 1 aromatic carbocycles. The second-order valence-corrected chi connectivity index (χ2v) is 4.63. The molecule has 0 amide bonds. The van der Waals surface area contributed by atoms with Crippen molar-refractivity contribution in [3.8, 4) is 5.75 Å². The van der Waals surface area contributed by atoms with Crippen LogP contribution in [0.2, 0.25) is 0 Å². The smallest absolute Gasteiger partial charge is 0.118 e. The Hall–Kier alpha value is -1.77. The fourth-order valence-electron chi connectivity index (χ4n) is 1.51. The molecule has 0 radical (unpaired) electrons. The molecule has 0 bridgehead atoms. The van der Waals surface area contributed by atoms with Gasteiger partial charge in [-0.2, -0.15) is 0 Å². The molecule has 0 fully saturated rings. The summed E-state index contributed by atoms with van der Waals surface area (Å²) in [4.78, 5) is 0. The van der Waals surface area contributed by atoms with Crippen molar-refractivity contribution >= 4 is 11.8 Å². The Morgan fingerprint density at radius 2 is 2.00 bits per heavy atom. The van der Waals surface area contributed by atoms with Crippen LogP contribution in [0.3, 0.4) is 0 Å². The van der Waals surface area contributed by atoms with Gasteiger partial charge in [-0.15, -0.1) is 0 Å². The van der Waals surface area contributed by atoms with Crippen molar-refractivity contribution in [3.63, 3.8) is 0 Å². The Balaban J connectivity index is 2.60. The van der Waals surface area contributed by atoms with Gasteiger partial charge >= 0.3 is 0 Å². The van der Waals surface area contributed by atoms with Gasteiger partial charge in [0.1, 0.15) is 5.75 Å². The number of nitrogens with zero attached hydrogens (tertiary/aromatic N) is 1. The molecule has 1 rings (SSSR count). The summed E-state index contributed by atoms with van der Waals surface area (Å²) in [5.41, 5.74) is 1.76. The van der Waals surface area contributed by atoms with E-state index in [0.717, 1.165) is 24.2 Å². The summed E-state index contributed by atoms with van der Waals surface area (Å²) in [6, 6.07) is 7.74. The van der Waals surface area contributed by atoms with E-state index < -0.39 is 0 Å². The molecule has 0 unspecified atom stereocenters. The first-order valence-electron chi connectivity index (χ1n) is 6.18.